The number of ether oxygens (including phenoxy) is 1. The summed E-state index contributed by atoms with van der Waals surface area (Å²) in [6.07, 6.45) is 4.76. The lowest BCUT2D eigenvalue weighted by molar-refractivity contribution is -0.128. The molecule has 0 unspecified atom stereocenters. The van der Waals surface area contributed by atoms with Gasteiger partial charge >= 0.3 is 0 Å². The maximum absolute atomic E-state index is 9.18. The third-order valence-corrected chi connectivity index (χ3v) is 3.31. The number of hydrogen-bond acceptors (Lipinski definition) is 2. The van der Waals surface area contributed by atoms with Crippen LogP contribution in [0.2, 0.25) is 0 Å². The molecular formula is C15H19NO2. The highest BCUT2D eigenvalue weighted by Gasteiger charge is 2.12. The van der Waals surface area contributed by atoms with Gasteiger partial charge < -0.3 is 9.30 Å². The third kappa shape index (κ3) is 2.40. The van der Waals surface area contributed by atoms with Crippen molar-refractivity contribution in [3.8, 4) is 0 Å². The van der Waals surface area contributed by atoms with E-state index in [9.17, 15) is 4.79 Å². The van der Waals surface area contributed by atoms with Gasteiger partial charge in [0.05, 0.1) is 12.1 Å². The molecule has 1 aromatic carbocycles. The van der Waals surface area contributed by atoms with Gasteiger partial charge in [0.1, 0.15) is 0 Å². The second-order valence-corrected chi connectivity index (χ2v) is 4.47. The van der Waals surface area contributed by atoms with E-state index < -0.39 is 0 Å². The largest absolute Gasteiger partial charge is 0.468 e. The number of nitrogens with zero attached hydrogens (tertiary/aromatic N) is 1. The van der Waals surface area contributed by atoms with Gasteiger partial charge in [0.15, 0.2) is 0 Å². The van der Waals surface area contributed by atoms with E-state index in [0.717, 1.165) is 0 Å². The van der Waals surface area contributed by atoms with Gasteiger partial charge in [0.2, 0.25) is 0 Å². The minimum absolute atomic E-state index is 0.431. The van der Waals surface area contributed by atoms with E-state index in [-0.39, 0.29) is 0 Å². The van der Waals surface area contributed by atoms with E-state index >= 15 is 0 Å². The molecule has 1 aliphatic heterocycles. The summed E-state index contributed by atoms with van der Waals surface area (Å²) in [6.45, 7) is 6.05. The molecule has 0 bridgehead atoms. The molecule has 0 spiro atoms. The van der Waals surface area contributed by atoms with Crippen molar-refractivity contribution in [1.82, 2.24) is 4.57 Å². The number of hydrogen-bond donors (Lipinski definition) is 0. The molecule has 0 amide bonds. The minimum Gasteiger partial charge on any atom is -0.468 e. The Morgan fingerprint density at radius 3 is 2.89 bits per heavy atom. The minimum atomic E-state index is 0.431. The van der Waals surface area contributed by atoms with Gasteiger partial charge in [-0.2, -0.15) is 0 Å². The molecule has 0 fully saturated rings. The van der Waals surface area contributed by atoms with Crippen LogP contribution in [-0.4, -0.2) is 17.6 Å². The number of rotatable bonds is 2. The Morgan fingerprint density at radius 1 is 1.39 bits per heavy atom. The Hall–Kier alpha value is -1.77. The Balaban J connectivity index is 0.000000209. The number of benzene rings is 1. The summed E-state index contributed by atoms with van der Waals surface area (Å²) in [5, 5.41) is 1.44. The van der Waals surface area contributed by atoms with Crippen LogP contribution in [0.5, 0.6) is 0 Å². The average molecular weight is 245 g/mol. The quantitative estimate of drug-likeness (QED) is 0.761. The normalized spacial score (nSPS) is 12.8. The summed E-state index contributed by atoms with van der Waals surface area (Å²) in [5.41, 5.74) is 4.41. The summed E-state index contributed by atoms with van der Waals surface area (Å²) >= 11 is 0. The average Bonchev–Trinajstić information content (AvgIpc) is 2.82. The molecular weight excluding hydrogens is 226 g/mol. The van der Waals surface area contributed by atoms with Crippen LogP contribution in [0, 0.1) is 6.92 Å². The monoisotopic (exact) mass is 245 g/mol. The SMILES string of the molecule is CCOC=O.Cc1ccc2c3c1ccn3CCC2. The molecule has 0 saturated heterocycles. The van der Waals surface area contributed by atoms with Crippen molar-refractivity contribution in [2.24, 2.45) is 0 Å². The maximum atomic E-state index is 9.18. The first-order chi connectivity index (χ1) is 8.77. The molecule has 1 aromatic heterocycles. The van der Waals surface area contributed by atoms with Crippen LogP contribution in [0.3, 0.4) is 0 Å². The zero-order valence-corrected chi connectivity index (χ0v) is 11.0. The van der Waals surface area contributed by atoms with E-state index in [2.05, 4.69) is 40.6 Å². The first-order valence-corrected chi connectivity index (χ1v) is 6.40. The lowest BCUT2D eigenvalue weighted by Crippen LogP contribution is -2.06. The van der Waals surface area contributed by atoms with Gasteiger partial charge in [-0.05, 0) is 43.9 Å². The van der Waals surface area contributed by atoms with Gasteiger partial charge in [-0.1, -0.05) is 12.1 Å². The maximum Gasteiger partial charge on any atom is 0.293 e. The van der Waals surface area contributed by atoms with Crippen molar-refractivity contribution >= 4 is 17.4 Å². The van der Waals surface area contributed by atoms with E-state index in [1.54, 1.807) is 6.92 Å². The zero-order valence-electron chi connectivity index (χ0n) is 11.0. The number of aryl methyl sites for hydroxylation is 3. The number of aromatic nitrogens is 1. The zero-order chi connectivity index (χ0) is 13.0. The molecule has 96 valence electrons. The summed E-state index contributed by atoms with van der Waals surface area (Å²) in [5.74, 6) is 0. The first-order valence-electron chi connectivity index (χ1n) is 6.40. The molecule has 0 saturated carbocycles. The van der Waals surface area contributed by atoms with Crippen molar-refractivity contribution in [1.29, 1.82) is 0 Å². The smallest absolute Gasteiger partial charge is 0.293 e. The highest BCUT2D eigenvalue weighted by atomic mass is 16.5. The predicted molar refractivity (Wildman–Crippen MR) is 72.7 cm³/mol. The van der Waals surface area contributed by atoms with E-state index in [1.807, 2.05) is 0 Å². The molecule has 1 aliphatic rings. The third-order valence-electron chi connectivity index (χ3n) is 3.31. The van der Waals surface area contributed by atoms with Crippen LogP contribution in [-0.2, 0) is 22.5 Å². The molecule has 0 N–H and O–H groups in total. The molecule has 18 heavy (non-hydrogen) atoms. The van der Waals surface area contributed by atoms with Gasteiger partial charge in [0.25, 0.3) is 6.47 Å². The topological polar surface area (TPSA) is 31.2 Å². The Bertz CT molecular complexity index is 543. The van der Waals surface area contributed by atoms with E-state index in [0.29, 0.717) is 13.1 Å². The van der Waals surface area contributed by atoms with Gasteiger partial charge in [-0.15, -0.1) is 0 Å². The Morgan fingerprint density at radius 2 is 2.22 bits per heavy atom. The highest BCUT2D eigenvalue weighted by molar-refractivity contribution is 5.86. The van der Waals surface area contributed by atoms with Crippen molar-refractivity contribution in [2.45, 2.75) is 33.2 Å². The van der Waals surface area contributed by atoms with E-state index in [1.165, 1.54) is 41.4 Å². The number of carbonyl (C=O) groups is 1. The second kappa shape index (κ2) is 5.71. The van der Waals surface area contributed by atoms with Crippen LogP contribution >= 0.6 is 0 Å². The summed E-state index contributed by atoms with van der Waals surface area (Å²) in [6, 6.07) is 6.78. The lowest BCUT2D eigenvalue weighted by atomic mass is 10.0. The summed E-state index contributed by atoms with van der Waals surface area (Å²) < 4.78 is 6.54. The van der Waals surface area contributed by atoms with Gasteiger partial charge in [-0.25, -0.2) is 0 Å². The highest BCUT2D eigenvalue weighted by Crippen LogP contribution is 2.28. The molecule has 3 nitrogen and oxygen atoms in total. The Kier molecular flexibility index (Phi) is 4.03. The van der Waals surface area contributed by atoms with Crippen LogP contribution in [0.15, 0.2) is 24.4 Å². The lowest BCUT2D eigenvalue weighted by Gasteiger charge is -2.15. The Labute approximate surface area is 107 Å². The van der Waals surface area contributed by atoms with Crippen molar-refractivity contribution in [3.05, 3.63) is 35.5 Å². The van der Waals surface area contributed by atoms with Crippen LogP contribution in [0.1, 0.15) is 24.5 Å². The fourth-order valence-electron chi connectivity index (χ4n) is 2.44. The van der Waals surface area contributed by atoms with Crippen LogP contribution in [0.4, 0.5) is 0 Å². The summed E-state index contributed by atoms with van der Waals surface area (Å²) in [7, 11) is 0. The standard InChI is InChI=1S/C12H13N.C3H6O2/c1-9-4-5-10-3-2-7-13-8-6-11(9)12(10)13;1-2-5-3-4/h4-6,8H,2-3,7H2,1H3;3H,2H2,1H3. The first kappa shape index (κ1) is 12.7. The van der Waals surface area contributed by atoms with Gasteiger partial charge in [0, 0.05) is 18.1 Å². The molecule has 2 heterocycles. The second-order valence-electron chi connectivity index (χ2n) is 4.47. The van der Waals surface area contributed by atoms with Crippen LogP contribution < -0.4 is 0 Å². The molecule has 0 aliphatic carbocycles. The molecule has 0 radical (unpaired) electrons. The van der Waals surface area contributed by atoms with Crippen LogP contribution in [0.25, 0.3) is 10.9 Å². The fourth-order valence-corrected chi connectivity index (χ4v) is 2.44. The van der Waals surface area contributed by atoms with Crippen molar-refractivity contribution in [3.63, 3.8) is 0 Å². The molecule has 3 rings (SSSR count). The van der Waals surface area contributed by atoms with Gasteiger partial charge in [-0.3, -0.25) is 4.79 Å². The fraction of sp³-hybridized carbons (Fsp3) is 0.400. The predicted octanol–water partition coefficient (Wildman–Crippen LogP) is 3.08. The number of carbonyl (C=O) groups excluding carboxylic acids is 1. The molecule has 3 heteroatoms. The molecule has 2 aromatic rings. The molecule has 0 atom stereocenters. The van der Waals surface area contributed by atoms with Crippen molar-refractivity contribution < 1.29 is 9.53 Å². The summed E-state index contributed by atoms with van der Waals surface area (Å²) in [4.78, 5) is 9.18. The van der Waals surface area contributed by atoms with E-state index in [4.69, 9.17) is 0 Å². The van der Waals surface area contributed by atoms with Crippen molar-refractivity contribution in [2.75, 3.05) is 6.61 Å².